The second kappa shape index (κ2) is 7.42. The molecule has 5 heteroatoms. The molecule has 4 N–H and O–H groups in total. The number of nitrogens with one attached hydrogen (secondary N) is 1. The van der Waals surface area contributed by atoms with Crippen molar-refractivity contribution in [3.05, 3.63) is 29.8 Å². The first-order valence-corrected chi connectivity index (χ1v) is 4.72. The van der Waals surface area contributed by atoms with Crippen LogP contribution in [-0.2, 0) is 9.59 Å². The average Bonchev–Trinajstić information content (AvgIpc) is 2.22. The molecule has 0 bridgehead atoms. The summed E-state index contributed by atoms with van der Waals surface area (Å²) in [6.45, 7) is 3.35. The van der Waals surface area contributed by atoms with E-state index in [2.05, 4.69) is 5.32 Å². The van der Waals surface area contributed by atoms with E-state index in [1.807, 2.05) is 31.2 Å². The third kappa shape index (κ3) is 5.11. The van der Waals surface area contributed by atoms with Crippen LogP contribution in [0.4, 0.5) is 5.69 Å². The molecule has 1 rings (SSSR count). The number of nitrogens with two attached hydrogens (primary N) is 1. The van der Waals surface area contributed by atoms with E-state index in [0.29, 0.717) is 0 Å². The zero-order valence-electron chi connectivity index (χ0n) is 9.31. The maximum atomic E-state index is 11.2. The number of carbonyl (C=O) groups is 2. The number of amides is 1. The first kappa shape index (κ1) is 14.1. The fourth-order valence-electron chi connectivity index (χ4n) is 0.960. The van der Waals surface area contributed by atoms with Gasteiger partial charge >= 0.3 is 0 Å². The third-order valence-corrected chi connectivity index (χ3v) is 1.82. The van der Waals surface area contributed by atoms with Gasteiger partial charge in [-0.3, -0.25) is 9.59 Å². The van der Waals surface area contributed by atoms with Gasteiger partial charge in [-0.1, -0.05) is 18.2 Å². The van der Waals surface area contributed by atoms with Crippen LogP contribution in [0, 0.1) is 6.92 Å². The number of benzene rings is 1. The van der Waals surface area contributed by atoms with Gasteiger partial charge in [0.1, 0.15) is 0 Å². The number of para-hydroxylation sites is 1. The van der Waals surface area contributed by atoms with E-state index < -0.39 is 6.04 Å². The molecule has 5 nitrogen and oxygen atoms in total. The van der Waals surface area contributed by atoms with Gasteiger partial charge in [-0.25, -0.2) is 0 Å². The summed E-state index contributed by atoms with van der Waals surface area (Å²) in [6, 6.07) is 7.13. The van der Waals surface area contributed by atoms with Crippen molar-refractivity contribution in [2.24, 2.45) is 5.73 Å². The molecule has 1 amide bonds. The lowest BCUT2D eigenvalue weighted by Gasteiger charge is -2.09. The Morgan fingerprint density at radius 1 is 1.50 bits per heavy atom. The SMILES string of the molecule is Cc1ccccc1NC(=O)C(C)N.O=CO. The summed E-state index contributed by atoms with van der Waals surface area (Å²) in [5.74, 6) is -0.158. The highest BCUT2D eigenvalue weighted by Gasteiger charge is 2.07. The van der Waals surface area contributed by atoms with E-state index >= 15 is 0 Å². The number of carboxylic acid groups (broad SMARTS) is 1. The number of carbonyl (C=O) groups excluding carboxylic acids is 1. The van der Waals surface area contributed by atoms with Crippen LogP contribution in [0.1, 0.15) is 12.5 Å². The zero-order chi connectivity index (χ0) is 12.6. The number of hydrogen-bond donors (Lipinski definition) is 3. The average molecular weight is 224 g/mol. The first-order valence-electron chi connectivity index (χ1n) is 4.72. The summed E-state index contributed by atoms with van der Waals surface area (Å²) >= 11 is 0. The van der Waals surface area contributed by atoms with Crippen molar-refractivity contribution in [3.8, 4) is 0 Å². The van der Waals surface area contributed by atoms with E-state index in [1.54, 1.807) is 6.92 Å². The van der Waals surface area contributed by atoms with Crippen molar-refractivity contribution >= 4 is 18.1 Å². The molecule has 1 atom stereocenters. The lowest BCUT2D eigenvalue weighted by molar-refractivity contribution is -0.123. The Bertz CT molecular complexity index is 351. The highest BCUT2D eigenvalue weighted by atomic mass is 16.3. The van der Waals surface area contributed by atoms with Crippen LogP contribution >= 0.6 is 0 Å². The second-order valence-corrected chi connectivity index (χ2v) is 3.20. The number of rotatable bonds is 2. The summed E-state index contributed by atoms with van der Waals surface area (Å²) < 4.78 is 0. The van der Waals surface area contributed by atoms with Gasteiger partial charge in [0.15, 0.2) is 0 Å². The lowest BCUT2D eigenvalue weighted by atomic mass is 10.2. The maximum absolute atomic E-state index is 11.2. The predicted octanol–water partition coefficient (Wildman–Crippen LogP) is 0.982. The third-order valence-electron chi connectivity index (χ3n) is 1.82. The molecule has 1 aromatic rings. The minimum atomic E-state index is -0.473. The molecule has 16 heavy (non-hydrogen) atoms. The maximum Gasteiger partial charge on any atom is 0.290 e. The molecule has 0 saturated carbocycles. The van der Waals surface area contributed by atoms with Crippen molar-refractivity contribution in [2.75, 3.05) is 5.32 Å². The van der Waals surface area contributed by atoms with Gasteiger partial charge in [-0.05, 0) is 25.5 Å². The normalized spacial score (nSPS) is 10.7. The van der Waals surface area contributed by atoms with Gasteiger partial charge in [0.2, 0.25) is 5.91 Å². The molecule has 0 radical (unpaired) electrons. The standard InChI is InChI=1S/C10H14N2O.CH2O2/c1-7-5-3-4-6-9(7)12-10(13)8(2)11;2-1-3/h3-6,8H,11H2,1-2H3,(H,12,13);1H,(H,2,3). The Balaban J connectivity index is 0.000000673. The smallest absolute Gasteiger partial charge is 0.290 e. The van der Waals surface area contributed by atoms with Gasteiger partial charge in [-0.2, -0.15) is 0 Å². The van der Waals surface area contributed by atoms with E-state index in [9.17, 15) is 4.79 Å². The van der Waals surface area contributed by atoms with Crippen molar-refractivity contribution in [2.45, 2.75) is 19.9 Å². The number of aryl methyl sites for hydroxylation is 1. The minimum Gasteiger partial charge on any atom is -0.483 e. The van der Waals surface area contributed by atoms with Crippen LogP contribution in [0.25, 0.3) is 0 Å². The molecule has 0 aliphatic heterocycles. The summed E-state index contributed by atoms with van der Waals surface area (Å²) in [5.41, 5.74) is 7.28. The second-order valence-electron chi connectivity index (χ2n) is 3.20. The molecule has 0 fully saturated rings. The van der Waals surface area contributed by atoms with E-state index in [4.69, 9.17) is 15.6 Å². The van der Waals surface area contributed by atoms with Gasteiger partial charge in [0.25, 0.3) is 6.47 Å². The summed E-state index contributed by atoms with van der Waals surface area (Å²) in [6.07, 6.45) is 0. The lowest BCUT2D eigenvalue weighted by Crippen LogP contribution is -2.32. The molecule has 88 valence electrons. The van der Waals surface area contributed by atoms with Crippen LogP contribution in [-0.4, -0.2) is 23.5 Å². The molecular formula is C11H16N2O3. The van der Waals surface area contributed by atoms with E-state index in [1.165, 1.54) is 0 Å². The van der Waals surface area contributed by atoms with Gasteiger partial charge in [-0.15, -0.1) is 0 Å². The largest absolute Gasteiger partial charge is 0.483 e. The first-order chi connectivity index (χ1) is 7.52. The number of anilines is 1. The molecule has 0 spiro atoms. The molecule has 1 aromatic carbocycles. The molecule has 1 unspecified atom stereocenters. The van der Waals surface area contributed by atoms with Crippen LogP contribution in [0.5, 0.6) is 0 Å². The molecular weight excluding hydrogens is 208 g/mol. The molecule has 0 aliphatic rings. The predicted molar refractivity (Wildman–Crippen MR) is 62.2 cm³/mol. The quantitative estimate of drug-likeness (QED) is 0.653. The van der Waals surface area contributed by atoms with Crippen LogP contribution in [0.3, 0.4) is 0 Å². The van der Waals surface area contributed by atoms with Gasteiger partial charge in [0, 0.05) is 5.69 Å². The number of hydrogen-bond acceptors (Lipinski definition) is 3. The van der Waals surface area contributed by atoms with Crippen LogP contribution in [0.2, 0.25) is 0 Å². The topological polar surface area (TPSA) is 92.4 Å². The highest BCUT2D eigenvalue weighted by Crippen LogP contribution is 2.12. The highest BCUT2D eigenvalue weighted by molar-refractivity contribution is 5.94. The summed E-state index contributed by atoms with van der Waals surface area (Å²) in [5, 5.41) is 9.63. The summed E-state index contributed by atoms with van der Waals surface area (Å²) in [4.78, 5) is 19.6. The Kier molecular flexibility index (Phi) is 6.55. The Labute approximate surface area is 94.3 Å². The van der Waals surface area contributed by atoms with Crippen LogP contribution < -0.4 is 11.1 Å². The van der Waals surface area contributed by atoms with Crippen LogP contribution in [0.15, 0.2) is 24.3 Å². The monoisotopic (exact) mass is 224 g/mol. The van der Waals surface area contributed by atoms with Crippen molar-refractivity contribution in [1.82, 2.24) is 0 Å². The Morgan fingerprint density at radius 3 is 2.44 bits per heavy atom. The Morgan fingerprint density at radius 2 is 2.00 bits per heavy atom. The fourth-order valence-corrected chi connectivity index (χ4v) is 0.960. The summed E-state index contributed by atoms with van der Waals surface area (Å²) in [7, 11) is 0. The fraction of sp³-hybridized carbons (Fsp3) is 0.273. The molecule has 0 saturated heterocycles. The zero-order valence-corrected chi connectivity index (χ0v) is 9.31. The van der Waals surface area contributed by atoms with E-state index in [0.717, 1.165) is 11.3 Å². The Hall–Kier alpha value is -1.88. The van der Waals surface area contributed by atoms with E-state index in [-0.39, 0.29) is 12.4 Å². The molecule has 0 aromatic heterocycles. The molecule has 0 aliphatic carbocycles. The van der Waals surface area contributed by atoms with Gasteiger partial charge < -0.3 is 16.2 Å². The van der Waals surface area contributed by atoms with Crippen molar-refractivity contribution in [1.29, 1.82) is 0 Å². The van der Waals surface area contributed by atoms with Gasteiger partial charge in [0.05, 0.1) is 6.04 Å². The molecule has 0 heterocycles. The van der Waals surface area contributed by atoms with Crippen molar-refractivity contribution in [3.63, 3.8) is 0 Å². The minimum absolute atomic E-state index is 0.158. The van der Waals surface area contributed by atoms with Crippen molar-refractivity contribution < 1.29 is 14.7 Å².